The minimum atomic E-state index is 0.165. The van der Waals surface area contributed by atoms with E-state index in [2.05, 4.69) is 57.1 Å². The fourth-order valence-electron chi connectivity index (χ4n) is 1.79. The van der Waals surface area contributed by atoms with Gasteiger partial charge in [-0.25, -0.2) is 0 Å². The summed E-state index contributed by atoms with van der Waals surface area (Å²) < 4.78 is 6.29. The molecule has 0 aliphatic carbocycles. The lowest BCUT2D eigenvalue weighted by Crippen LogP contribution is -2.31. The van der Waals surface area contributed by atoms with Gasteiger partial charge in [-0.15, -0.1) is 0 Å². The first kappa shape index (κ1) is 15.1. The van der Waals surface area contributed by atoms with Crippen LogP contribution in [0, 0.1) is 0 Å². The smallest absolute Gasteiger partial charge is 0.231 e. The van der Waals surface area contributed by atoms with E-state index in [1.54, 1.807) is 6.20 Å². The predicted octanol–water partition coefficient (Wildman–Crippen LogP) is 3.39. The van der Waals surface area contributed by atoms with Crippen LogP contribution in [0.4, 0.5) is 0 Å². The Morgan fingerprint density at radius 3 is 2.80 bits per heavy atom. The Kier molecular flexibility index (Phi) is 5.25. The van der Waals surface area contributed by atoms with Gasteiger partial charge in [-0.2, -0.15) is 4.98 Å². The number of hydrogen-bond acceptors (Lipinski definition) is 5. The molecular formula is C14H19BrN4O. The van der Waals surface area contributed by atoms with Crippen molar-refractivity contribution in [3.8, 4) is 11.5 Å². The second-order valence-corrected chi connectivity index (χ2v) is 5.77. The second kappa shape index (κ2) is 6.95. The summed E-state index contributed by atoms with van der Waals surface area (Å²) in [5.41, 5.74) is 0.713. The molecule has 2 atom stereocenters. The molecule has 0 radical (unpaired) electrons. The molecule has 0 spiro atoms. The van der Waals surface area contributed by atoms with E-state index < -0.39 is 0 Å². The summed E-state index contributed by atoms with van der Waals surface area (Å²) in [7, 11) is 0. The van der Waals surface area contributed by atoms with Crippen LogP contribution < -0.4 is 5.32 Å². The van der Waals surface area contributed by atoms with Gasteiger partial charge in [0.25, 0.3) is 0 Å². The van der Waals surface area contributed by atoms with Crippen LogP contribution in [0.15, 0.2) is 27.3 Å². The number of pyridine rings is 1. The third-order valence-corrected chi connectivity index (χ3v) is 3.72. The van der Waals surface area contributed by atoms with Crippen molar-refractivity contribution in [1.29, 1.82) is 0 Å². The average molecular weight is 339 g/mol. The topological polar surface area (TPSA) is 63.8 Å². The molecule has 0 aliphatic rings. The molecule has 0 amide bonds. The van der Waals surface area contributed by atoms with E-state index in [1.165, 1.54) is 0 Å². The molecule has 0 saturated carbocycles. The van der Waals surface area contributed by atoms with Crippen molar-refractivity contribution in [3.63, 3.8) is 0 Å². The highest BCUT2D eigenvalue weighted by Gasteiger charge is 2.20. The summed E-state index contributed by atoms with van der Waals surface area (Å²) in [6, 6.07) is 4.07. The first-order chi connectivity index (χ1) is 9.61. The Labute approximate surface area is 127 Å². The quantitative estimate of drug-likeness (QED) is 0.874. The third-order valence-electron chi connectivity index (χ3n) is 3.25. The lowest BCUT2D eigenvalue weighted by molar-refractivity contribution is 0.331. The van der Waals surface area contributed by atoms with Crippen LogP contribution in [0.3, 0.4) is 0 Å². The fourth-order valence-corrected chi connectivity index (χ4v) is 2.03. The zero-order valence-electron chi connectivity index (χ0n) is 11.9. The number of rotatable bonds is 6. The zero-order valence-corrected chi connectivity index (χ0v) is 13.5. The van der Waals surface area contributed by atoms with Gasteiger partial charge in [0.1, 0.15) is 5.69 Å². The van der Waals surface area contributed by atoms with Crippen LogP contribution in [0.5, 0.6) is 0 Å². The van der Waals surface area contributed by atoms with Crippen molar-refractivity contribution in [3.05, 3.63) is 28.7 Å². The third kappa shape index (κ3) is 3.64. The van der Waals surface area contributed by atoms with Gasteiger partial charge in [0.05, 0.1) is 5.92 Å². The van der Waals surface area contributed by atoms with Crippen LogP contribution in [0.2, 0.25) is 0 Å². The van der Waals surface area contributed by atoms with Gasteiger partial charge >= 0.3 is 0 Å². The van der Waals surface area contributed by atoms with Crippen LogP contribution in [-0.2, 0) is 0 Å². The van der Waals surface area contributed by atoms with E-state index >= 15 is 0 Å². The maximum Gasteiger partial charge on any atom is 0.231 e. The molecule has 5 nitrogen and oxygen atoms in total. The Hall–Kier alpha value is -1.27. The van der Waals surface area contributed by atoms with Crippen LogP contribution in [0.25, 0.3) is 11.5 Å². The summed E-state index contributed by atoms with van der Waals surface area (Å²) >= 11 is 3.35. The number of nitrogens with zero attached hydrogens (tertiary/aromatic N) is 3. The molecule has 20 heavy (non-hydrogen) atoms. The van der Waals surface area contributed by atoms with Gasteiger partial charge in [0, 0.05) is 16.7 Å². The molecule has 0 aliphatic heterocycles. The molecule has 6 heteroatoms. The van der Waals surface area contributed by atoms with Crippen molar-refractivity contribution in [1.82, 2.24) is 20.4 Å². The Morgan fingerprint density at radius 2 is 2.15 bits per heavy atom. The summed E-state index contributed by atoms with van der Waals surface area (Å²) in [4.78, 5) is 8.71. The van der Waals surface area contributed by atoms with E-state index in [0.29, 0.717) is 23.5 Å². The minimum Gasteiger partial charge on any atom is -0.339 e. The summed E-state index contributed by atoms with van der Waals surface area (Å²) in [5.74, 6) is 1.33. The van der Waals surface area contributed by atoms with Crippen molar-refractivity contribution >= 4 is 15.9 Å². The summed E-state index contributed by atoms with van der Waals surface area (Å²) in [5, 5.41) is 7.45. The van der Waals surface area contributed by atoms with Crippen molar-refractivity contribution in [2.75, 3.05) is 6.54 Å². The SMILES string of the molecule is CCCNC(C)C(C)c1nc(-c2ccc(Br)cn2)no1. The Bertz CT molecular complexity index is 540. The molecule has 0 saturated heterocycles. The number of aromatic nitrogens is 3. The second-order valence-electron chi connectivity index (χ2n) is 4.85. The van der Waals surface area contributed by atoms with E-state index in [4.69, 9.17) is 4.52 Å². The fraction of sp³-hybridized carbons (Fsp3) is 0.500. The maximum absolute atomic E-state index is 5.36. The zero-order chi connectivity index (χ0) is 14.5. The van der Waals surface area contributed by atoms with Crippen molar-refractivity contribution in [2.24, 2.45) is 0 Å². The van der Waals surface area contributed by atoms with Gasteiger partial charge in [0.2, 0.25) is 11.7 Å². The van der Waals surface area contributed by atoms with Gasteiger partial charge in [-0.3, -0.25) is 4.98 Å². The molecule has 2 rings (SSSR count). The van der Waals surface area contributed by atoms with Crippen molar-refractivity contribution in [2.45, 2.75) is 39.2 Å². The van der Waals surface area contributed by atoms with E-state index in [0.717, 1.165) is 17.4 Å². The molecule has 0 aromatic carbocycles. The lowest BCUT2D eigenvalue weighted by Gasteiger charge is -2.17. The molecule has 2 unspecified atom stereocenters. The largest absolute Gasteiger partial charge is 0.339 e. The summed E-state index contributed by atoms with van der Waals surface area (Å²) in [6.07, 6.45) is 2.83. The predicted molar refractivity (Wildman–Crippen MR) is 81.4 cm³/mol. The molecule has 108 valence electrons. The highest BCUT2D eigenvalue weighted by atomic mass is 79.9. The first-order valence-corrected chi connectivity index (χ1v) is 7.60. The molecular weight excluding hydrogens is 320 g/mol. The van der Waals surface area contributed by atoms with Crippen molar-refractivity contribution < 1.29 is 4.52 Å². The van der Waals surface area contributed by atoms with Gasteiger partial charge in [0.15, 0.2) is 0 Å². The van der Waals surface area contributed by atoms with Crippen LogP contribution >= 0.6 is 15.9 Å². The van der Waals surface area contributed by atoms with Gasteiger partial charge < -0.3 is 9.84 Å². The number of hydrogen-bond donors (Lipinski definition) is 1. The Balaban J connectivity index is 2.10. The molecule has 0 bridgehead atoms. The highest BCUT2D eigenvalue weighted by molar-refractivity contribution is 9.10. The average Bonchev–Trinajstić information content (AvgIpc) is 2.94. The molecule has 2 aromatic heterocycles. The van der Waals surface area contributed by atoms with Gasteiger partial charge in [-0.05, 0) is 48.0 Å². The maximum atomic E-state index is 5.36. The van der Waals surface area contributed by atoms with E-state index in [-0.39, 0.29) is 5.92 Å². The van der Waals surface area contributed by atoms with Crippen LogP contribution in [-0.4, -0.2) is 27.7 Å². The highest BCUT2D eigenvalue weighted by Crippen LogP contribution is 2.21. The normalized spacial score (nSPS) is 14.2. The van der Waals surface area contributed by atoms with Crippen LogP contribution in [0.1, 0.15) is 39.0 Å². The lowest BCUT2D eigenvalue weighted by atomic mass is 10.0. The van der Waals surface area contributed by atoms with E-state index in [1.807, 2.05) is 12.1 Å². The first-order valence-electron chi connectivity index (χ1n) is 6.80. The molecule has 1 N–H and O–H groups in total. The number of nitrogens with one attached hydrogen (secondary N) is 1. The molecule has 2 heterocycles. The summed E-state index contributed by atoms with van der Waals surface area (Å²) in [6.45, 7) is 7.34. The monoisotopic (exact) mass is 338 g/mol. The Morgan fingerprint density at radius 1 is 1.35 bits per heavy atom. The standard InChI is InChI=1S/C14H19BrN4O/c1-4-7-16-10(3)9(2)14-18-13(19-20-14)12-6-5-11(15)8-17-12/h5-6,8-10,16H,4,7H2,1-3H3. The van der Waals surface area contributed by atoms with Gasteiger partial charge in [-0.1, -0.05) is 19.0 Å². The van der Waals surface area contributed by atoms with E-state index in [9.17, 15) is 0 Å². The minimum absolute atomic E-state index is 0.165. The number of halogens is 1. The molecule has 0 fully saturated rings. The molecule has 2 aromatic rings.